The fourth-order valence-corrected chi connectivity index (χ4v) is 7.07. The Kier molecular flexibility index (Phi) is 15.0. The number of benzene rings is 3. The van der Waals surface area contributed by atoms with Gasteiger partial charge in [-0.1, -0.05) is 53.5 Å². The molecule has 0 radical (unpaired) electrons. The number of ether oxygens (including phenoxy) is 3. The Morgan fingerprint density at radius 1 is 0.914 bits per heavy atom. The molecule has 310 valence electrons. The van der Waals surface area contributed by atoms with Crippen molar-refractivity contribution in [3.8, 4) is 28.4 Å². The van der Waals surface area contributed by atoms with Gasteiger partial charge in [-0.3, -0.25) is 24.7 Å². The van der Waals surface area contributed by atoms with Gasteiger partial charge in [-0.2, -0.15) is 0 Å². The van der Waals surface area contributed by atoms with Crippen molar-refractivity contribution in [2.75, 3.05) is 39.5 Å². The van der Waals surface area contributed by atoms with Gasteiger partial charge in [0.15, 0.2) is 0 Å². The first-order valence-electron chi connectivity index (χ1n) is 18.7. The number of nitrogens with two attached hydrogens (primary N) is 1. The predicted octanol–water partition coefficient (Wildman–Crippen LogP) is 5.47. The summed E-state index contributed by atoms with van der Waals surface area (Å²) in [5, 5.41) is 42.2. The SMILES string of the molecule is Cc1c(COc2cc(OCc3cncc(C(N)=O)c3)c(CN[C@@](C)(CO)C(=O)O)cc2Cl)cccc1-c1cccc(OCCCN2CCC(CO)(C(=O)O)CC2)c1Cl. The number of rotatable bonds is 20. The Balaban J connectivity index is 1.28. The normalized spacial score (nSPS) is 15.0. The van der Waals surface area contributed by atoms with Crippen LogP contribution in [0.25, 0.3) is 11.1 Å². The Morgan fingerprint density at radius 2 is 1.62 bits per heavy atom. The van der Waals surface area contributed by atoms with Crippen molar-refractivity contribution in [1.82, 2.24) is 15.2 Å². The number of carboxylic acid groups (broad SMARTS) is 2. The van der Waals surface area contributed by atoms with Gasteiger partial charge in [-0.15, -0.1) is 0 Å². The number of nitrogens with one attached hydrogen (secondary N) is 1. The Hall–Kier alpha value is -4.96. The monoisotopic (exact) mass is 838 g/mol. The van der Waals surface area contributed by atoms with Gasteiger partial charge < -0.3 is 45.3 Å². The molecular formula is C42H48Cl2N4O10. The van der Waals surface area contributed by atoms with Crippen LogP contribution in [-0.4, -0.2) is 93.1 Å². The highest BCUT2D eigenvalue weighted by Gasteiger charge is 2.41. The molecule has 3 aromatic carbocycles. The van der Waals surface area contributed by atoms with Crippen LogP contribution in [0.1, 0.15) is 58.8 Å². The highest BCUT2D eigenvalue weighted by atomic mass is 35.5. The summed E-state index contributed by atoms with van der Waals surface area (Å²) < 4.78 is 18.5. The summed E-state index contributed by atoms with van der Waals surface area (Å²) in [6, 6.07) is 16.2. The highest BCUT2D eigenvalue weighted by molar-refractivity contribution is 6.35. The molecule has 7 N–H and O–H groups in total. The summed E-state index contributed by atoms with van der Waals surface area (Å²) in [5.74, 6) is -1.68. The average Bonchev–Trinajstić information content (AvgIpc) is 3.21. The van der Waals surface area contributed by atoms with E-state index in [-0.39, 0.29) is 37.0 Å². The second-order valence-corrected chi connectivity index (χ2v) is 15.3. The first kappa shape index (κ1) is 44.1. The van der Waals surface area contributed by atoms with E-state index in [2.05, 4.69) is 15.2 Å². The molecule has 4 aromatic rings. The molecule has 0 unspecified atom stereocenters. The maximum Gasteiger partial charge on any atom is 0.326 e. The van der Waals surface area contributed by atoms with E-state index in [0.29, 0.717) is 72.4 Å². The topological polar surface area (TPSA) is 214 Å². The number of carbonyl (C=O) groups excluding carboxylic acids is 1. The molecule has 1 aliphatic heterocycles. The largest absolute Gasteiger partial charge is 0.492 e. The predicted molar refractivity (Wildman–Crippen MR) is 217 cm³/mol. The molecule has 0 aliphatic carbocycles. The smallest absolute Gasteiger partial charge is 0.326 e. The second kappa shape index (κ2) is 19.7. The lowest BCUT2D eigenvalue weighted by atomic mass is 9.79. The minimum absolute atomic E-state index is 0.0118. The van der Waals surface area contributed by atoms with E-state index in [1.54, 1.807) is 18.2 Å². The minimum Gasteiger partial charge on any atom is -0.492 e. The van der Waals surface area contributed by atoms with Crippen molar-refractivity contribution in [3.05, 3.63) is 105 Å². The van der Waals surface area contributed by atoms with E-state index >= 15 is 0 Å². The first-order chi connectivity index (χ1) is 27.7. The molecule has 0 saturated carbocycles. The lowest BCUT2D eigenvalue weighted by molar-refractivity contribution is -0.155. The zero-order valence-corrected chi connectivity index (χ0v) is 33.8. The molecule has 2 heterocycles. The highest BCUT2D eigenvalue weighted by Crippen LogP contribution is 2.39. The van der Waals surface area contributed by atoms with Gasteiger partial charge in [0.05, 0.1) is 40.8 Å². The van der Waals surface area contributed by atoms with E-state index in [1.165, 1.54) is 19.3 Å². The molecule has 16 heteroatoms. The lowest BCUT2D eigenvalue weighted by Gasteiger charge is -2.37. The van der Waals surface area contributed by atoms with Gasteiger partial charge in [0.2, 0.25) is 5.91 Å². The van der Waals surface area contributed by atoms with Gasteiger partial charge in [0, 0.05) is 48.2 Å². The van der Waals surface area contributed by atoms with E-state index in [1.807, 2.05) is 43.3 Å². The summed E-state index contributed by atoms with van der Waals surface area (Å²) in [6.45, 7) is 4.72. The number of piperidine rings is 1. The standard InChI is InChI=1S/C42H48Cl2N4O10/c1-26-28(6-3-7-31(26)32-8-4-9-34(37(32)44)56-15-5-12-48-13-10-42(25-50,11-14-48)40(54)55)23-58-36-18-35(57-22-27-16-30(38(45)51)20-46-19-27)29(17-33(36)43)21-47-41(2,24-49)39(52)53/h3-4,6-9,16-20,47,49-50H,5,10-15,21-25H2,1-2H3,(H2,45,51)(H,52,53)(H,54,55)/t41-/m0/s1. The molecular weight excluding hydrogens is 791 g/mol. The van der Waals surface area contributed by atoms with E-state index in [0.717, 1.165) is 28.8 Å². The number of aliphatic carboxylic acids is 2. The average molecular weight is 840 g/mol. The fraction of sp³-hybridized carbons (Fsp3) is 0.381. The van der Waals surface area contributed by atoms with E-state index in [4.69, 9.17) is 43.1 Å². The summed E-state index contributed by atoms with van der Waals surface area (Å²) in [5.41, 5.74) is 7.41. The summed E-state index contributed by atoms with van der Waals surface area (Å²) in [6.07, 6.45) is 4.39. The number of halogens is 2. The quantitative estimate of drug-likeness (QED) is 0.0610. The lowest BCUT2D eigenvalue weighted by Crippen LogP contribution is -2.52. The van der Waals surface area contributed by atoms with Gasteiger partial charge in [0.25, 0.3) is 0 Å². The number of hydrogen-bond acceptors (Lipinski definition) is 11. The van der Waals surface area contributed by atoms with Crippen LogP contribution in [-0.2, 0) is 29.3 Å². The number of likely N-dealkylation sites (tertiary alicyclic amines) is 1. The number of carbonyl (C=O) groups is 3. The maximum absolute atomic E-state index is 11.8. The van der Waals surface area contributed by atoms with Gasteiger partial charge in [-0.25, -0.2) is 0 Å². The molecule has 1 saturated heterocycles. The number of hydrogen-bond donors (Lipinski definition) is 6. The van der Waals surface area contributed by atoms with Crippen LogP contribution in [0.2, 0.25) is 10.0 Å². The molecule has 1 fully saturated rings. The third-order valence-corrected chi connectivity index (χ3v) is 11.3. The van der Waals surface area contributed by atoms with Crippen LogP contribution in [0.4, 0.5) is 0 Å². The molecule has 14 nitrogen and oxygen atoms in total. The van der Waals surface area contributed by atoms with Crippen molar-refractivity contribution >= 4 is 41.0 Å². The molecule has 1 aliphatic rings. The number of nitrogens with zero attached hydrogens (tertiary/aromatic N) is 2. The number of aliphatic hydroxyl groups is 2. The second-order valence-electron chi connectivity index (χ2n) is 14.6. The van der Waals surface area contributed by atoms with Crippen molar-refractivity contribution in [2.45, 2.75) is 58.4 Å². The fourth-order valence-electron chi connectivity index (χ4n) is 6.54. The zero-order chi connectivity index (χ0) is 42.0. The summed E-state index contributed by atoms with van der Waals surface area (Å²) in [7, 11) is 0. The Labute approximate surface area is 346 Å². The van der Waals surface area contributed by atoms with Crippen LogP contribution in [0.15, 0.2) is 67.0 Å². The number of aromatic nitrogens is 1. The van der Waals surface area contributed by atoms with Crippen molar-refractivity contribution in [1.29, 1.82) is 0 Å². The van der Waals surface area contributed by atoms with E-state index in [9.17, 15) is 34.8 Å². The van der Waals surface area contributed by atoms with Crippen LogP contribution in [0.5, 0.6) is 17.2 Å². The molecule has 1 aromatic heterocycles. The van der Waals surface area contributed by atoms with Gasteiger partial charge >= 0.3 is 11.9 Å². The maximum atomic E-state index is 11.8. The van der Waals surface area contributed by atoms with Crippen molar-refractivity contribution < 1.29 is 49.0 Å². The third kappa shape index (κ3) is 10.6. The van der Waals surface area contributed by atoms with Gasteiger partial charge in [-0.05, 0) is 81.1 Å². The molecule has 1 amide bonds. The van der Waals surface area contributed by atoms with Crippen LogP contribution in [0.3, 0.4) is 0 Å². The summed E-state index contributed by atoms with van der Waals surface area (Å²) >= 11 is 13.6. The minimum atomic E-state index is -1.63. The third-order valence-electron chi connectivity index (χ3n) is 10.6. The number of pyridine rings is 1. The number of primary amides is 1. The Bertz CT molecular complexity index is 2110. The molecule has 5 rings (SSSR count). The molecule has 1 atom stereocenters. The Morgan fingerprint density at radius 3 is 2.29 bits per heavy atom. The zero-order valence-electron chi connectivity index (χ0n) is 32.3. The van der Waals surface area contributed by atoms with Gasteiger partial charge in [0.1, 0.15) is 36.0 Å². The molecule has 0 bridgehead atoms. The van der Waals surface area contributed by atoms with Crippen LogP contribution >= 0.6 is 23.2 Å². The van der Waals surface area contributed by atoms with Crippen molar-refractivity contribution in [2.24, 2.45) is 11.1 Å². The number of amides is 1. The first-order valence-corrected chi connectivity index (χ1v) is 19.4. The summed E-state index contributed by atoms with van der Waals surface area (Å²) in [4.78, 5) is 41.4. The molecule has 0 spiro atoms. The van der Waals surface area contributed by atoms with Crippen molar-refractivity contribution in [3.63, 3.8) is 0 Å². The van der Waals surface area contributed by atoms with Crippen LogP contribution in [0, 0.1) is 12.3 Å². The number of aliphatic hydroxyl groups excluding tert-OH is 2. The van der Waals surface area contributed by atoms with E-state index < -0.39 is 35.4 Å². The molecule has 58 heavy (non-hydrogen) atoms. The van der Waals surface area contributed by atoms with Crippen LogP contribution < -0.4 is 25.3 Å². The number of carboxylic acids is 2.